The van der Waals surface area contributed by atoms with Gasteiger partial charge in [0.15, 0.2) is 6.10 Å². The summed E-state index contributed by atoms with van der Waals surface area (Å²) in [5, 5.41) is 4.42. The van der Waals surface area contributed by atoms with Crippen LogP contribution < -0.4 is 15.4 Å². The fourth-order valence-electron chi connectivity index (χ4n) is 2.50. The third-order valence-corrected chi connectivity index (χ3v) is 4.20. The molecule has 29 heavy (non-hydrogen) atoms. The molecule has 8 heteroatoms. The van der Waals surface area contributed by atoms with E-state index < -0.39 is 24.1 Å². The number of nitrogens with one attached hydrogen (secondary N) is 2. The van der Waals surface area contributed by atoms with Crippen molar-refractivity contribution in [3.05, 3.63) is 59.7 Å². The maximum Gasteiger partial charge on any atom is 0.471 e. The first-order valence-corrected chi connectivity index (χ1v) is 9.08. The molecular formula is C21H23F3N2O3. The highest BCUT2D eigenvalue weighted by molar-refractivity contribution is 5.95. The van der Waals surface area contributed by atoms with Crippen molar-refractivity contribution >= 4 is 17.5 Å². The van der Waals surface area contributed by atoms with E-state index in [0.717, 1.165) is 5.56 Å². The maximum absolute atomic E-state index is 12.5. The minimum atomic E-state index is -5.00. The highest BCUT2D eigenvalue weighted by Crippen LogP contribution is 2.22. The van der Waals surface area contributed by atoms with E-state index in [1.165, 1.54) is 18.2 Å². The maximum atomic E-state index is 12.5. The zero-order chi connectivity index (χ0) is 21.6. The van der Waals surface area contributed by atoms with Crippen molar-refractivity contribution in [3.8, 4) is 5.75 Å². The topological polar surface area (TPSA) is 67.4 Å². The van der Waals surface area contributed by atoms with E-state index >= 15 is 0 Å². The molecule has 0 fully saturated rings. The molecule has 0 aromatic heterocycles. The average molecular weight is 408 g/mol. The summed E-state index contributed by atoms with van der Waals surface area (Å²) in [6, 6.07) is 13.3. The number of alkyl halides is 3. The Morgan fingerprint density at radius 1 is 1.00 bits per heavy atom. The first-order valence-electron chi connectivity index (χ1n) is 9.08. The van der Waals surface area contributed by atoms with Crippen molar-refractivity contribution in [2.75, 3.05) is 5.32 Å². The summed E-state index contributed by atoms with van der Waals surface area (Å²) in [5.74, 6) is -1.59. The zero-order valence-corrected chi connectivity index (χ0v) is 16.3. The van der Waals surface area contributed by atoms with Gasteiger partial charge in [-0.05, 0) is 42.2 Å². The van der Waals surface area contributed by atoms with Gasteiger partial charge in [-0.25, -0.2) is 0 Å². The van der Waals surface area contributed by atoms with Crippen molar-refractivity contribution in [1.29, 1.82) is 0 Å². The Hall–Kier alpha value is -3.03. The van der Waals surface area contributed by atoms with Crippen molar-refractivity contribution in [3.63, 3.8) is 0 Å². The third kappa shape index (κ3) is 6.51. The van der Waals surface area contributed by atoms with Gasteiger partial charge < -0.3 is 15.4 Å². The second-order valence-corrected chi connectivity index (χ2v) is 6.81. The van der Waals surface area contributed by atoms with Gasteiger partial charge in [-0.3, -0.25) is 9.59 Å². The van der Waals surface area contributed by atoms with Crippen LogP contribution in [0.15, 0.2) is 48.5 Å². The molecule has 0 aliphatic heterocycles. The number of carbonyl (C=O) groups excluding carboxylic acids is 2. The number of amides is 2. The highest BCUT2D eigenvalue weighted by atomic mass is 19.4. The van der Waals surface area contributed by atoms with E-state index in [1.54, 1.807) is 25.1 Å². The predicted molar refractivity (Wildman–Crippen MR) is 104 cm³/mol. The van der Waals surface area contributed by atoms with E-state index in [4.69, 9.17) is 4.74 Å². The van der Waals surface area contributed by atoms with Crippen LogP contribution in [0.5, 0.6) is 5.75 Å². The van der Waals surface area contributed by atoms with Gasteiger partial charge in [0.1, 0.15) is 5.75 Å². The number of anilines is 1. The SMILES string of the molecule is CC(Oc1ccc(C(C)C)cc1)C(=O)NCc1ccccc1NC(=O)C(F)(F)F. The Labute approximate surface area is 167 Å². The van der Waals surface area contributed by atoms with Gasteiger partial charge in [-0.15, -0.1) is 0 Å². The van der Waals surface area contributed by atoms with E-state index in [9.17, 15) is 22.8 Å². The summed E-state index contributed by atoms with van der Waals surface area (Å²) in [7, 11) is 0. The summed E-state index contributed by atoms with van der Waals surface area (Å²) in [6.07, 6.45) is -5.80. The van der Waals surface area contributed by atoms with Crippen LogP contribution in [-0.2, 0) is 16.1 Å². The van der Waals surface area contributed by atoms with Gasteiger partial charge in [0.05, 0.1) is 0 Å². The van der Waals surface area contributed by atoms with Crippen molar-refractivity contribution in [2.24, 2.45) is 0 Å². The summed E-state index contributed by atoms with van der Waals surface area (Å²) >= 11 is 0. The molecular weight excluding hydrogens is 385 g/mol. The first kappa shape index (κ1) is 22.3. The summed E-state index contributed by atoms with van der Waals surface area (Å²) < 4.78 is 43.0. The molecule has 0 aliphatic rings. The zero-order valence-electron chi connectivity index (χ0n) is 16.3. The lowest BCUT2D eigenvalue weighted by molar-refractivity contribution is -0.167. The molecule has 156 valence electrons. The quantitative estimate of drug-likeness (QED) is 0.714. The molecule has 1 unspecified atom stereocenters. The summed E-state index contributed by atoms with van der Waals surface area (Å²) in [6.45, 7) is 5.65. The average Bonchev–Trinajstić information content (AvgIpc) is 2.66. The smallest absolute Gasteiger partial charge is 0.471 e. The Bertz CT molecular complexity index is 849. The van der Waals surface area contributed by atoms with Crippen LogP contribution in [0.2, 0.25) is 0 Å². The molecule has 0 spiro atoms. The van der Waals surface area contributed by atoms with Gasteiger partial charge in [0.2, 0.25) is 0 Å². The van der Waals surface area contributed by atoms with Crippen molar-refractivity contribution in [1.82, 2.24) is 5.32 Å². The van der Waals surface area contributed by atoms with Crippen LogP contribution in [-0.4, -0.2) is 24.1 Å². The Balaban J connectivity index is 1.95. The minimum Gasteiger partial charge on any atom is -0.481 e. The highest BCUT2D eigenvalue weighted by Gasteiger charge is 2.38. The standard InChI is InChI=1S/C21H23F3N2O3/c1-13(2)15-8-10-17(11-9-15)29-14(3)19(27)25-12-16-6-4-5-7-18(16)26-20(28)21(22,23)24/h4-11,13-14H,12H2,1-3H3,(H,25,27)(H,26,28). The second kappa shape index (κ2) is 9.45. The molecule has 1 atom stereocenters. The fourth-order valence-corrected chi connectivity index (χ4v) is 2.50. The van der Waals surface area contributed by atoms with Gasteiger partial charge >= 0.3 is 12.1 Å². The predicted octanol–water partition coefficient (Wildman–Crippen LogP) is 4.39. The van der Waals surface area contributed by atoms with Gasteiger partial charge in [-0.1, -0.05) is 44.2 Å². The number of rotatable bonds is 7. The molecule has 0 aliphatic carbocycles. The molecule has 2 N–H and O–H groups in total. The molecule has 2 aromatic carbocycles. The van der Waals surface area contributed by atoms with Crippen LogP contribution in [0.25, 0.3) is 0 Å². The fraction of sp³-hybridized carbons (Fsp3) is 0.333. The second-order valence-electron chi connectivity index (χ2n) is 6.81. The van der Waals surface area contributed by atoms with E-state index in [-0.39, 0.29) is 12.2 Å². The molecule has 2 rings (SSSR count). The summed E-state index contributed by atoms with van der Waals surface area (Å²) in [4.78, 5) is 23.4. The lowest BCUT2D eigenvalue weighted by Gasteiger charge is -2.17. The Morgan fingerprint density at radius 3 is 2.21 bits per heavy atom. The van der Waals surface area contributed by atoms with E-state index in [2.05, 4.69) is 19.2 Å². The molecule has 2 amide bonds. The number of hydrogen-bond donors (Lipinski definition) is 2. The normalized spacial score (nSPS) is 12.4. The first-order chi connectivity index (χ1) is 13.6. The lowest BCUT2D eigenvalue weighted by Crippen LogP contribution is -2.36. The molecule has 5 nitrogen and oxygen atoms in total. The monoisotopic (exact) mass is 408 g/mol. The van der Waals surface area contributed by atoms with Crippen LogP contribution >= 0.6 is 0 Å². The number of halogens is 3. The molecule has 0 bridgehead atoms. The number of ether oxygens (including phenoxy) is 1. The molecule has 0 saturated carbocycles. The van der Waals surface area contributed by atoms with Gasteiger partial charge in [0, 0.05) is 12.2 Å². The Morgan fingerprint density at radius 2 is 1.62 bits per heavy atom. The van der Waals surface area contributed by atoms with E-state index in [1.807, 2.05) is 17.4 Å². The largest absolute Gasteiger partial charge is 0.481 e. The van der Waals surface area contributed by atoms with Crippen LogP contribution in [0, 0.1) is 0 Å². The minimum absolute atomic E-state index is 0.0204. The Kier molecular flexibility index (Phi) is 7.25. The summed E-state index contributed by atoms with van der Waals surface area (Å²) in [5.41, 5.74) is 1.46. The van der Waals surface area contributed by atoms with Crippen LogP contribution in [0.1, 0.15) is 37.8 Å². The number of hydrogen-bond acceptors (Lipinski definition) is 3. The number of carbonyl (C=O) groups is 2. The number of benzene rings is 2. The third-order valence-electron chi connectivity index (χ3n) is 4.20. The van der Waals surface area contributed by atoms with Crippen LogP contribution in [0.4, 0.5) is 18.9 Å². The van der Waals surface area contributed by atoms with Gasteiger partial charge in [-0.2, -0.15) is 13.2 Å². The number of para-hydroxylation sites is 1. The van der Waals surface area contributed by atoms with Crippen molar-refractivity contribution in [2.45, 2.75) is 45.5 Å². The van der Waals surface area contributed by atoms with Crippen LogP contribution in [0.3, 0.4) is 0 Å². The lowest BCUT2D eigenvalue weighted by atomic mass is 10.0. The van der Waals surface area contributed by atoms with E-state index in [0.29, 0.717) is 17.2 Å². The molecule has 2 aromatic rings. The van der Waals surface area contributed by atoms with Crippen molar-refractivity contribution < 1.29 is 27.5 Å². The molecule has 0 heterocycles. The van der Waals surface area contributed by atoms with Gasteiger partial charge in [0.25, 0.3) is 5.91 Å². The molecule has 0 saturated heterocycles. The molecule has 0 radical (unpaired) electrons.